The minimum Gasteiger partial charge on any atom is -0.486 e. The molecule has 2 aromatic carbocycles. The topological polar surface area (TPSA) is 83.1 Å². The number of rotatable bonds is 6. The number of benzene rings is 2. The molecule has 0 aromatic heterocycles. The monoisotopic (exact) mass is 438 g/mol. The Bertz CT molecular complexity index is 1010. The lowest BCUT2D eigenvalue weighted by Crippen LogP contribution is -2.39. The van der Waals surface area contributed by atoms with Gasteiger partial charge in [0.1, 0.15) is 13.2 Å². The molecule has 32 heavy (non-hydrogen) atoms. The van der Waals surface area contributed by atoms with E-state index in [9.17, 15) is 9.59 Å². The van der Waals surface area contributed by atoms with Gasteiger partial charge in [-0.2, -0.15) is 0 Å². The lowest BCUT2D eigenvalue weighted by Gasteiger charge is -2.23. The minimum atomic E-state index is -0.314. The molecule has 2 aliphatic rings. The predicted molar refractivity (Wildman–Crippen MR) is 125 cm³/mol. The molecule has 0 unspecified atom stereocenters. The van der Waals surface area contributed by atoms with Gasteiger partial charge >= 0.3 is 6.03 Å². The summed E-state index contributed by atoms with van der Waals surface area (Å²) in [6.45, 7) is 9.50. The second kappa shape index (κ2) is 9.38. The molecule has 1 fully saturated rings. The highest BCUT2D eigenvalue weighted by Gasteiger charge is 2.32. The van der Waals surface area contributed by atoms with Crippen molar-refractivity contribution in [3.05, 3.63) is 42.0 Å². The summed E-state index contributed by atoms with van der Waals surface area (Å²) in [6.07, 6.45) is 0.252. The number of fused-ring (bicyclic) bond motifs is 1. The molecule has 1 saturated heterocycles. The third-order valence-electron chi connectivity index (χ3n) is 5.88. The third kappa shape index (κ3) is 4.59. The van der Waals surface area contributed by atoms with Gasteiger partial charge in [-0.05, 0) is 56.7 Å². The number of aryl methyl sites for hydroxylation is 1. The maximum Gasteiger partial charge on any atom is 0.319 e. The summed E-state index contributed by atoms with van der Waals surface area (Å²) in [6, 6.07) is 10.9. The molecule has 170 valence electrons. The van der Waals surface area contributed by atoms with E-state index >= 15 is 0 Å². The predicted octanol–water partition coefficient (Wildman–Crippen LogP) is 3.54. The molecule has 2 aromatic rings. The van der Waals surface area contributed by atoms with Crippen LogP contribution in [0.15, 0.2) is 36.4 Å². The Kier molecular flexibility index (Phi) is 6.39. The summed E-state index contributed by atoms with van der Waals surface area (Å²) in [5.74, 6) is 1.29. The smallest absolute Gasteiger partial charge is 0.319 e. The minimum absolute atomic E-state index is 0.0354. The molecule has 0 aliphatic carbocycles. The summed E-state index contributed by atoms with van der Waals surface area (Å²) in [7, 11) is 0. The quantitative estimate of drug-likeness (QED) is 0.721. The van der Waals surface area contributed by atoms with E-state index in [1.807, 2.05) is 37.3 Å². The fraction of sp³-hybridized carbons (Fsp3) is 0.417. The molecular weight excluding hydrogens is 408 g/mol. The van der Waals surface area contributed by atoms with Crippen molar-refractivity contribution in [2.75, 3.05) is 48.0 Å². The van der Waals surface area contributed by atoms with Gasteiger partial charge < -0.3 is 29.9 Å². The molecule has 8 heteroatoms. The molecular formula is C24H30N4O4. The summed E-state index contributed by atoms with van der Waals surface area (Å²) in [5.41, 5.74) is 3.62. The zero-order chi connectivity index (χ0) is 22.7. The maximum absolute atomic E-state index is 12.6. The molecule has 8 nitrogen and oxygen atoms in total. The first-order valence-electron chi connectivity index (χ1n) is 11.1. The van der Waals surface area contributed by atoms with Crippen molar-refractivity contribution in [2.45, 2.75) is 33.2 Å². The van der Waals surface area contributed by atoms with E-state index in [2.05, 4.69) is 35.4 Å². The number of nitrogens with one attached hydrogen (secondary N) is 2. The summed E-state index contributed by atoms with van der Waals surface area (Å²) in [5, 5.41) is 5.84. The highest BCUT2D eigenvalue weighted by Crippen LogP contribution is 2.35. The summed E-state index contributed by atoms with van der Waals surface area (Å²) < 4.78 is 11.2. The van der Waals surface area contributed by atoms with Gasteiger partial charge in [0.2, 0.25) is 5.91 Å². The standard InChI is InChI=1S/C24H30N4O4/c1-4-27(5-2)18-6-8-20(16(3)12-18)26-24(30)25-17-13-23(29)28(15-17)19-7-9-21-22(14-19)32-11-10-31-21/h6-9,12,14,17H,4-5,10-11,13,15H2,1-3H3,(H2,25,26,30)/t17-/m0/s1. The molecule has 0 bridgehead atoms. The number of ether oxygens (including phenoxy) is 2. The van der Waals surface area contributed by atoms with Crippen molar-refractivity contribution in [3.8, 4) is 11.5 Å². The van der Waals surface area contributed by atoms with Crippen LogP contribution in [0.1, 0.15) is 25.8 Å². The van der Waals surface area contributed by atoms with Gasteiger partial charge in [-0.1, -0.05) is 0 Å². The summed E-state index contributed by atoms with van der Waals surface area (Å²) in [4.78, 5) is 29.1. The largest absolute Gasteiger partial charge is 0.486 e. The lowest BCUT2D eigenvalue weighted by molar-refractivity contribution is -0.117. The zero-order valence-corrected chi connectivity index (χ0v) is 18.8. The molecule has 4 rings (SSSR count). The average Bonchev–Trinajstić information content (AvgIpc) is 3.15. The van der Waals surface area contributed by atoms with Crippen LogP contribution in [0.2, 0.25) is 0 Å². The van der Waals surface area contributed by atoms with Crippen molar-refractivity contribution in [3.63, 3.8) is 0 Å². The second-order valence-corrected chi connectivity index (χ2v) is 8.00. The van der Waals surface area contributed by atoms with E-state index in [0.29, 0.717) is 31.3 Å². The van der Waals surface area contributed by atoms with Gasteiger partial charge in [0.05, 0.1) is 6.04 Å². The van der Waals surface area contributed by atoms with Crippen LogP contribution in [-0.4, -0.2) is 50.8 Å². The number of carbonyl (C=O) groups is 2. The molecule has 1 atom stereocenters. The van der Waals surface area contributed by atoms with E-state index in [1.54, 1.807) is 4.90 Å². The SMILES string of the molecule is CCN(CC)c1ccc(NC(=O)N[C@H]2CC(=O)N(c3ccc4c(c3)OCCO4)C2)c(C)c1. The molecule has 2 N–H and O–H groups in total. The van der Waals surface area contributed by atoms with Crippen LogP contribution < -0.4 is 29.9 Å². The average molecular weight is 439 g/mol. The Morgan fingerprint density at radius 3 is 2.56 bits per heavy atom. The van der Waals surface area contributed by atoms with E-state index in [1.165, 1.54) is 0 Å². The van der Waals surface area contributed by atoms with Crippen LogP contribution in [0.3, 0.4) is 0 Å². The van der Waals surface area contributed by atoms with Crippen LogP contribution >= 0.6 is 0 Å². The lowest BCUT2D eigenvalue weighted by atomic mass is 10.1. The van der Waals surface area contributed by atoms with Crippen molar-refractivity contribution >= 4 is 29.0 Å². The normalized spacial score (nSPS) is 17.3. The number of hydrogen-bond acceptors (Lipinski definition) is 5. The zero-order valence-electron chi connectivity index (χ0n) is 18.8. The van der Waals surface area contributed by atoms with Gasteiger partial charge in [0.25, 0.3) is 0 Å². The first kappa shape index (κ1) is 21.8. The van der Waals surface area contributed by atoms with E-state index in [0.717, 1.165) is 35.7 Å². The number of amides is 3. The van der Waals surface area contributed by atoms with E-state index in [-0.39, 0.29) is 24.4 Å². The molecule has 3 amide bonds. The number of anilines is 3. The van der Waals surface area contributed by atoms with Gasteiger partial charge in [0, 0.05) is 49.2 Å². The number of nitrogens with zero attached hydrogens (tertiary/aromatic N) is 2. The first-order valence-corrected chi connectivity index (χ1v) is 11.1. The highest BCUT2D eigenvalue weighted by molar-refractivity contribution is 5.98. The van der Waals surface area contributed by atoms with Crippen molar-refractivity contribution < 1.29 is 19.1 Å². The molecule has 0 spiro atoms. The second-order valence-electron chi connectivity index (χ2n) is 8.00. The molecule has 0 saturated carbocycles. The van der Waals surface area contributed by atoms with Crippen LogP contribution in [-0.2, 0) is 4.79 Å². The Morgan fingerprint density at radius 2 is 1.84 bits per heavy atom. The van der Waals surface area contributed by atoms with Gasteiger partial charge in [-0.15, -0.1) is 0 Å². The Hall–Kier alpha value is -3.42. The Balaban J connectivity index is 1.37. The number of hydrogen-bond donors (Lipinski definition) is 2. The van der Waals surface area contributed by atoms with Gasteiger partial charge in [-0.25, -0.2) is 4.79 Å². The van der Waals surface area contributed by atoms with Crippen molar-refractivity contribution in [2.24, 2.45) is 0 Å². The third-order valence-corrected chi connectivity index (χ3v) is 5.88. The number of carbonyl (C=O) groups excluding carboxylic acids is 2. The van der Waals surface area contributed by atoms with Crippen LogP contribution in [0.25, 0.3) is 0 Å². The maximum atomic E-state index is 12.6. The molecule has 2 aliphatic heterocycles. The Morgan fingerprint density at radius 1 is 1.09 bits per heavy atom. The van der Waals surface area contributed by atoms with Crippen LogP contribution in [0.5, 0.6) is 11.5 Å². The van der Waals surface area contributed by atoms with E-state index in [4.69, 9.17) is 9.47 Å². The van der Waals surface area contributed by atoms with Crippen molar-refractivity contribution in [1.82, 2.24) is 5.32 Å². The Labute approximate surface area is 188 Å². The highest BCUT2D eigenvalue weighted by atomic mass is 16.6. The number of urea groups is 1. The van der Waals surface area contributed by atoms with Gasteiger partial charge in [0.15, 0.2) is 11.5 Å². The summed E-state index contributed by atoms with van der Waals surface area (Å²) >= 11 is 0. The molecule has 0 radical (unpaired) electrons. The molecule has 2 heterocycles. The van der Waals surface area contributed by atoms with E-state index < -0.39 is 0 Å². The van der Waals surface area contributed by atoms with Crippen molar-refractivity contribution in [1.29, 1.82) is 0 Å². The fourth-order valence-electron chi connectivity index (χ4n) is 4.17. The van der Waals surface area contributed by atoms with Crippen LogP contribution in [0, 0.1) is 6.92 Å². The first-order chi connectivity index (χ1) is 15.5. The van der Waals surface area contributed by atoms with Crippen LogP contribution in [0.4, 0.5) is 21.9 Å². The fourth-order valence-corrected chi connectivity index (χ4v) is 4.17. The van der Waals surface area contributed by atoms with Gasteiger partial charge in [-0.3, -0.25) is 4.79 Å².